The van der Waals surface area contributed by atoms with Crippen LogP contribution in [0, 0.1) is 26.7 Å². The van der Waals surface area contributed by atoms with E-state index in [1.165, 1.54) is 5.56 Å². The zero-order valence-electron chi connectivity index (χ0n) is 21.1. The second-order valence-electron chi connectivity index (χ2n) is 9.24. The first-order chi connectivity index (χ1) is 16.4. The van der Waals surface area contributed by atoms with Crippen LogP contribution in [0.4, 0.5) is 5.82 Å². The number of likely N-dealkylation sites (N-methyl/N-ethyl adjacent to an activating group) is 1. The number of hydrogen-bond acceptors (Lipinski definition) is 6. The van der Waals surface area contributed by atoms with Gasteiger partial charge < -0.3 is 15.1 Å². The highest BCUT2D eigenvalue weighted by atomic mass is 16.1. The number of aryl methyl sites for hydroxylation is 3. The van der Waals surface area contributed by atoms with Crippen LogP contribution >= 0.6 is 0 Å². The maximum atomic E-state index is 12.7. The average Bonchev–Trinajstić information content (AvgIpc) is 3.20. The van der Waals surface area contributed by atoms with E-state index in [-0.39, 0.29) is 11.8 Å². The molecule has 1 amide bonds. The molecule has 0 unspecified atom stereocenters. The molecule has 8 nitrogen and oxygen atoms in total. The van der Waals surface area contributed by atoms with Gasteiger partial charge in [-0.1, -0.05) is 31.5 Å². The highest BCUT2D eigenvalue weighted by Gasteiger charge is 2.28. The highest BCUT2D eigenvalue weighted by molar-refractivity contribution is 5.92. The van der Waals surface area contributed by atoms with E-state index in [4.69, 9.17) is 5.10 Å². The normalized spacial score (nSPS) is 14.8. The average molecular weight is 464 g/mol. The summed E-state index contributed by atoms with van der Waals surface area (Å²) in [6.45, 7) is 15.6. The molecular weight excluding hydrogens is 426 g/mol. The minimum absolute atomic E-state index is 0.0497. The lowest BCUT2D eigenvalue weighted by Gasteiger charge is -2.32. The van der Waals surface area contributed by atoms with E-state index in [0.717, 1.165) is 79.4 Å². The molecule has 0 spiro atoms. The third-order valence-electron chi connectivity index (χ3n) is 7.05. The van der Waals surface area contributed by atoms with Crippen LogP contribution in [0.15, 0.2) is 24.3 Å². The fourth-order valence-electron chi connectivity index (χ4n) is 4.84. The van der Waals surface area contributed by atoms with Gasteiger partial charge in [0.25, 0.3) is 0 Å². The quantitative estimate of drug-likeness (QED) is 0.552. The van der Waals surface area contributed by atoms with Gasteiger partial charge in [0.05, 0.1) is 22.5 Å². The number of carbonyl (C=O) groups is 1. The minimum Gasteiger partial charge on any atom is -0.355 e. The second-order valence-corrected chi connectivity index (χ2v) is 9.24. The predicted molar refractivity (Wildman–Crippen MR) is 137 cm³/mol. The lowest BCUT2D eigenvalue weighted by Crippen LogP contribution is -2.43. The number of amides is 1. The van der Waals surface area contributed by atoms with E-state index in [0.29, 0.717) is 6.54 Å². The Hall–Kier alpha value is -3.00. The molecule has 3 heterocycles. The zero-order valence-corrected chi connectivity index (χ0v) is 21.1. The molecule has 1 N–H and O–H groups in total. The van der Waals surface area contributed by atoms with Gasteiger partial charge in [0.15, 0.2) is 5.82 Å². The van der Waals surface area contributed by atoms with Crippen LogP contribution in [0.25, 0.3) is 16.6 Å². The molecule has 2 aromatic heterocycles. The largest absolute Gasteiger partial charge is 0.355 e. The number of benzene rings is 1. The molecule has 1 fully saturated rings. The van der Waals surface area contributed by atoms with Crippen molar-refractivity contribution in [3.8, 4) is 5.69 Å². The number of nitrogens with one attached hydrogen (secondary N) is 1. The number of carbonyl (C=O) groups excluding carboxylic acids is 1. The second kappa shape index (κ2) is 10.5. The Balaban J connectivity index is 1.47. The summed E-state index contributed by atoms with van der Waals surface area (Å²) in [6.07, 6.45) is 1.62. The van der Waals surface area contributed by atoms with Gasteiger partial charge in [-0.15, -0.1) is 5.10 Å². The van der Waals surface area contributed by atoms with Crippen LogP contribution in [0.1, 0.15) is 43.6 Å². The Kier molecular flexibility index (Phi) is 7.46. The van der Waals surface area contributed by atoms with Crippen molar-refractivity contribution in [1.82, 2.24) is 30.2 Å². The first kappa shape index (κ1) is 24.1. The molecule has 0 radical (unpaired) electrons. The van der Waals surface area contributed by atoms with Crippen molar-refractivity contribution >= 4 is 22.6 Å². The first-order valence-electron chi connectivity index (χ1n) is 12.5. The van der Waals surface area contributed by atoms with Crippen molar-refractivity contribution in [2.75, 3.05) is 44.2 Å². The Morgan fingerprint density at radius 1 is 1.06 bits per heavy atom. The lowest BCUT2D eigenvalue weighted by molar-refractivity contribution is -0.125. The molecule has 1 saturated heterocycles. The van der Waals surface area contributed by atoms with E-state index in [2.05, 4.69) is 77.3 Å². The molecule has 1 aliphatic rings. The summed E-state index contributed by atoms with van der Waals surface area (Å²) in [5, 5.41) is 18.2. The number of rotatable bonds is 8. The number of hydrogen-bond donors (Lipinski definition) is 1. The van der Waals surface area contributed by atoms with Crippen molar-refractivity contribution in [2.24, 2.45) is 5.92 Å². The SMILES string of the molecule is CCN(CC)CCNC(=O)C1CCN(c2nnc(C)c3c(C)n(-c4ccc(C)cc4)nc23)CC1. The summed E-state index contributed by atoms with van der Waals surface area (Å²) in [7, 11) is 0. The molecule has 1 aromatic carbocycles. The van der Waals surface area contributed by atoms with Gasteiger partial charge in [0.2, 0.25) is 5.91 Å². The van der Waals surface area contributed by atoms with Crippen molar-refractivity contribution < 1.29 is 4.79 Å². The standard InChI is InChI=1S/C26H37N7O/c1-6-31(7-2)17-14-27-26(34)21-12-15-32(16-13-21)25-24-23(19(4)28-29-25)20(5)33(30-24)22-10-8-18(3)9-11-22/h8-11,21H,6-7,12-17H2,1-5H3,(H,27,34). The highest BCUT2D eigenvalue weighted by Crippen LogP contribution is 2.31. The summed E-state index contributed by atoms with van der Waals surface area (Å²) < 4.78 is 1.99. The van der Waals surface area contributed by atoms with Gasteiger partial charge in [0, 0.05) is 32.1 Å². The predicted octanol–water partition coefficient (Wildman–Crippen LogP) is 3.42. The van der Waals surface area contributed by atoms with Crippen molar-refractivity contribution in [1.29, 1.82) is 0 Å². The number of nitrogens with zero attached hydrogens (tertiary/aromatic N) is 6. The Labute approximate surface area is 202 Å². The zero-order chi connectivity index (χ0) is 24.2. The van der Waals surface area contributed by atoms with Gasteiger partial charge >= 0.3 is 0 Å². The molecular formula is C26H37N7O. The number of anilines is 1. The molecule has 0 saturated carbocycles. The Morgan fingerprint density at radius 3 is 2.38 bits per heavy atom. The third kappa shape index (κ3) is 4.92. The monoisotopic (exact) mass is 463 g/mol. The van der Waals surface area contributed by atoms with Crippen molar-refractivity contribution in [3.05, 3.63) is 41.2 Å². The molecule has 3 aromatic rings. The lowest BCUT2D eigenvalue weighted by atomic mass is 9.96. The van der Waals surface area contributed by atoms with Gasteiger partial charge in [-0.3, -0.25) is 4.79 Å². The van der Waals surface area contributed by atoms with Crippen LogP contribution in [-0.2, 0) is 4.79 Å². The van der Waals surface area contributed by atoms with E-state index >= 15 is 0 Å². The summed E-state index contributed by atoms with van der Waals surface area (Å²) >= 11 is 0. The summed E-state index contributed by atoms with van der Waals surface area (Å²) in [5.74, 6) is 1.04. The van der Waals surface area contributed by atoms with E-state index in [9.17, 15) is 4.79 Å². The topological polar surface area (TPSA) is 79.2 Å². The first-order valence-corrected chi connectivity index (χ1v) is 12.5. The Morgan fingerprint density at radius 2 is 1.74 bits per heavy atom. The summed E-state index contributed by atoms with van der Waals surface area (Å²) in [6, 6.07) is 8.38. The number of aromatic nitrogens is 4. The van der Waals surface area contributed by atoms with Gasteiger partial charge in [0.1, 0.15) is 5.52 Å². The molecule has 1 aliphatic heterocycles. The van der Waals surface area contributed by atoms with Crippen LogP contribution in [0.3, 0.4) is 0 Å². The molecule has 8 heteroatoms. The van der Waals surface area contributed by atoms with E-state index in [1.54, 1.807) is 0 Å². The fraction of sp³-hybridized carbons (Fsp3) is 0.538. The fourth-order valence-corrected chi connectivity index (χ4v) is 4.84. The maximum Gasteiger partial charge on any atom is 0.223 e. The molecule has 34 heavy (non-hydrogen) atoms. The van der Waals surface area contributed by atoms with Crippen molar-refractivity contribution in [2.45, 2.75) is 47.5 Å². The number of fused-ring (bicyclic) bond motifs is 1. The van der Waals surface area contributed by atoms with Crippen LogP contribution in [-0.4, -0.2) is 70.1 Å². The van der Waals surface area contributed by atoms with Gasteiger partial charge in [-0.05, 0) is 58.8 Å². The van der Waals surface area contributed by atoms with Crippen LogP contribution in [0.2, 0.25) is 0 Å². The Bertz CT molecular complexity index is 1130. The van der Waals surface area contributed by atoms with Crippen molar-refractivity contribution in [3.63, 3.8) is 0 Å². The molecule has 182 valence electrons. The van der Waals surface area contributed by atoms with E-state index in [1.807, 2.05) is 11.6 Å². The van der Waals surface area contributed by atoms with Crippen LogP contribution in [0.5, 0.6) is 0 Å². The maximum absolute atomic E-state index is 12.7. The van der Waals surface area contributed by atoms with Crippen LogP contribution < -0.4 is 10.2 Å². The van der Waals surface area contributed by atoms with E-state index < -0.39 is 0 Å². The van der Waals surface area contributed by atoms with Gasteiger partial charge in [-0.2, -0.15) is 10.2 Å². The molecule has 4 rings (SSSR count). The third-order valence-corrected chi connectivity index (χ3v) is 7.05. The smallest absolute Gasteiger partial charge is 0.223 e. The van der Waals surface area contributed by atoms with Gasteiger partial charge in [-0.25, -0.2) is 4.68 Å². The minimum atomic E-state index is 0.0497. The summed E-state index contributed by atoms with van der Waals surface area (Å²) in [5.41, 5.74) is 5.09. The molecule has 0 bridgehead atoms. The molecule has 0 atom stereocenters. The molecule has 0 aliphatic carbocycles. The summed E-state index contributed by atoms with van der Waals surface area (Å²) in [4.78, 5) is 17.3. The number of piperidine rings is 1.